The first-order valence-corrected chi connectivity index (χ1v) is 3.19. The zero-order chi connectivity index (χ0) is 6.69. The minimum Gasteiger partial charge on any atom is -0.233 e. The lowest BCUT2D eigenvalue weighted by Crippen LogP contribution is -1.48. The molecule has 46 valence electrons. The second-order valence-corrected chi connectivity index (χ2v) is 2.73. The van der Waals surface area contributed by atoms with Gasteiger partial charge < -0.3 is 0 Å². The molecule has 0 amide bonds. The van der Waals surface area contributed by atoms with Crippen molar-refractivity contribution < 1.29 is 0 Å². The molecule has 4 nitrogen and oxygen atoms in total. The summed E-state index contributed by atoms with van der Waals surface area (Å²) in [4.78, 5) is 6.21. The van der Waals surface area contributed by atoms with Gasteiger partial charge in [0.2, 0.25) is 0 Å². The Morgan fingerprint density at radius 3 is 3.11 bits per heavy atom. The number of hydrogen-bond donors (Lipinski definition) is 0. The predicted octanol–water partition coefficient (Wildman–Crippen LogP) is 2.74. The van der Waals surface area contributed by atoms with Crippen molar-refractivity contribution in [2.45, 2.75) is 0 Å². The van der Waals surface area contributed by atoms with Crippen LogP contribution in [0.3, 0.4) is 0 Å². The van der Waals surface area contributed by atoms with Crippen LogP contribution in [0.1, 0.15) is 0 Å². The van der Waals surface area contributed by atoms with Crippen LogP contribution in [0, 0.1) is 0 Å². The van der Waals surface area contributed by atoms with Crippen LogP contribution in [0.4, 0.5) is 5.00 Å². The number of aromatic nitrogens is 1. The first-order chi connectivity index (χ1) is 4.33. The Hall–Kier alpha value is -0.770. The fourth-order valence-corrected chi connectivity index (χ4v) is 1.08. The van der Waals surface area contributed by atoms with Crippen molar-refractivity contribution in [1.82, 2.24) is 4.98 Å². The average molecular weight is 161 g/mol. The molecule has 0 radical (unpaired) electrons. The van der Waals surface area contributed by atoms with E-state index in [0.29, 0.717) is 9.47 Å². The molecule has 0 aliphatic rings. The molecule has 0 atom stereocenters. The summed E-state index contributed by atoms with van der Waals surface area (Å²) in [5.74, 6) is 0. The third-order valence-corrected chi connectivity index (χ3v) is 1.61. The molecule has 0 saturated carbocycles. The average Bonchev–Trinajstić information content (AvgIpc) is 2.17. The molecule has 0 fully saturated rings. The highest BCUT2D eigenvalue weighted by molar-refractivity contribution is 7.19. The number of halogens is 1. The van der Waals surface area contributed by atoms with Gasteiger partial charge in [0.05, 0.1) is 0 Å². The van der Waals surface area contributed by atoms with Crippen molar-refractivity contribution >= 4 is 27.9 Å². The van der Waals surface area contributed by atoms with E-state index >= 15 is 0 Å². The van der Waals surface area contributed by atoms with Crippen molar-refractivity contribution in [3.8, 4) is 0 Å². The van der Waals surface area contributed by atoms with E-state index in [-0.39, 0.29) is 0 Å². The molecule has 0 unspecified atom stereocenters. The van der Waals surface area contributed by atoms with E-state index in [1.54, 1.807) is 0 Å². The van der Waals surface area contributed by atoms with Gasteiger partial charge in [0.25, 0.3) is 0 Å². The van der Waals surface area contributed by atoms with Gasteiger partial charge in [0.1, 0.15) is 5.00 Å². The molecule has 1 rings (SSSR count). The Balaban J connectivity index is 2.97. The number of nitrogens with zero attached hydrogens (tertiary/aromatic N) is 4. The fourth-order valence-electron chi connectivity index (χ4n) is 0.335. The van der Waals surface area contributed by atoms with Gasteiger partial charge in [-0.1, -0.05) is 11.6 Å². The van der Waals surface area contributed by atoms with Crippen LogP contribution in [0.15, 0.2) is 11.3 Å². The maximum atomic E-state index is 7.92. The molecule has 0 aromatic carbocycles. The molecule has 0 aliphatic heterocycles. The highest BCUT2D eigenvalue weighted by Crippen LogP contribution is 2.25. The highest BCUT2D eigenvalue weighted by atomic mass is 35.5. The zero-order valence-corrected chi connectivity index (χ0v) is 5.72. The first-order valence-electron chi connectivity index (χ1n) is 1.99. The van der Waals surface area contributed by atoms with Crippen molar-refractivity contribution in [3.63, 3.8) is 0 Å². The number of thiazole rings is 1. The van der Waals surface area contributed by atoms with E-state index in [1.165, 1.54) is 6.20 Å². The SMILES string of the molecule is [N-]=[N+]=Nc1cnc(Cl)s1. The Labute approximate surface area is 59.7 Å². The van der Waals surface area contributed by atoms with Gasteiger partial charge in [0.15, 0.2) is 4.47 Å². The summed E-state index contributed by atoms with van der Waals surface area (Å²) >= 11 is 6.57. The zero-order valence-electron chi connectivity index (χ0n) is 4.15. The summed E-state index contributed by atoms with van der Waals surface area (Å²) in [6.45, 7) is 0. The van der Waals surface area contributed by atoms with Crippen LogP contribution >= 0.6 is 22.9 Å². The van der Waals surface area contributed by atoms with E-state index in [9.17, 15) is 0 Å². The normalized spacial score (nSPS) is 8.56. The van der Waals surface area contributed by atoms with Crippen LogP contribution in [0.2, 0.25) is 4.47 Å². The number of hydrogen-bond acceptors (Lipinski definition) is 3. The topological polar surface area (TPSA) is 61.7 Å². The van der Waals surface area contributed by atoms with Gasteiger partial charge in [0, 0.05) is 11.1 Å². The van der Waals surface area contributed by atoms with Gasteiger partial charge in [-0.3, -0.25) is 0 Å². The first kappa shape index (κ1) is 6.35. The van der Waals surface area contributed by atoms with E-state index in [4.69, 9.17) is 17.1 Å². The molecular weight excluding hydrogens is 160 g/mol. The Morgan fingerprint density at radius 2 is 2.67 bits per heavy atom. The monoisotopic (exact) mass is 160 g/mol. The molecule has 0 N–H and O–H groups in total. The highest BCUT2D eigenvalue weighted by Gasteiger charge is 1.93. The minimum absolute atomic E-state index is 0.386. The molecule has 0 spiro atoms. The maximum Gasteiger partial charge on any atom is 0.183 e. The quantitative estimate of drug-likeness (QED) is 0.354. The van der Waals surface area contributed by atoms with Crippen molar-refractivity contribution in [1.29, 1.82) is 0 Å². The molecule has 9 heavy (non-hydrogen) atoms. The second kappa shape index (κ2) is 2.68. The standard InChI is InChI=1S/C3HClN4S/c4-3-6-1-2(9-3)7-8-5/h1H. The van der Waals surface area contributed by atoms with E-state index in [1.807, 2.05) is 0 Å². The van der Waals surface area contributed by atoms with Gasteiger partial charge >= 0.3 is 0 Å². The largest absolute Gasteiger partial charge is 0.233 e. The van der Waals surface area contributed by atoms with Crippen molar-refractivity contribution in [2.75, 3.05) is 0 Å². The lowest BCUT2D eigenvalue weighted by molar-refractivity contribution is 1.40. The van der Waals surface area contributed by atoms with Crippen molar-refractivity contribution in [2.24, 2.45) is 5.11 Å². The summed E-state index contributed by atoms with van der Waals surface area (Å²) in [5, 5.41) is 3.77. The molecule has 0 bridgehead atoms. The van der Waals surface area contributed by atoms with Crippen LogP contribution in [0.25, 0.3) is 10.4 Å². The van der Waals surface area contributed by atoms with Gasteiger partial charge in [-0.05, 0) is 10.6 Å². The molecular formula is C3HClN4S. The Morgan fingerprint density at radius 1 is 1.89 bits per heavy atom. The molecule has 1 aromatic rings. The van der Waals surface area contributed by atoms with E-state index < -0.39 is 0 Å². The number of rotatable bonds is 1. The van der Waals surface area contributed by atoms with Crippen molar-refractivity contribution in [3.05, 3.63) is 21.1 Å². The summed E-state index contributed by atoms with van der Waals surface area (Å²) in [5.41, 5.74) is 7.92. The summed E-state index contributed by atoms with van der Waals surface area (Å²) in [7, 11) is 0. The van der Waals surface area contributed by atoms with Gasteiger partial charge in [-0.15, -0.1) is 11.3 Å². The van der Waals surface area contributed by atoms with E-state index in [0.717, 1.165) is 11.3 Å². The van der Waals surface area contributed by atoms with Gasteiger partial charge in [-0.2, -0.15) is 0 Å². The van der Waals surface area contributed by atoms with Crippen LogP contribution in [-0.2, 0) is 0 Å². The van der Waals surface area contributed by atoms with Gasteiger partial charge in [-0.25, -0.2) is 4.98 Å². The lowest BCUT2D eigenvalue weighted by Gasteiger charge is -1.69. The second-order valence-electron chi connectivity index (χ2n) is 1.14. The van der Waals surface area contributed by atoms with E-state index in [2.05, 4.69) is 15.0 Å². The smallest absolute Gasteiger partial charge is 0.183 e. The summed E-state index contributed by atoms with van der Waals surface area (Å²) in [6, 6.07) is 0. The third kappa shape index (κ3) is 1.57. The maximum absolute atomic E-state index is 7.92. The predicted molar refractivity (Wildman–Crippen MR) is 35.9 cm³/mol. The van der Waals surface area contributed by atoms with Crippen LogP contribution in [0.5, 0.6) is 0 Å². The summed E-state index contributed by atoms with van der Waals surface area (Å²) in [6.07, 6.45) is 1.42. The third-order valence-electron chi connectivity index (χ3n) is 0.609. The Kier molecular flexibility index (Phi) is 1.89. The van der Waals surface area contributed by atoms with Crippen LogP contribution < -0.4 is 0 Å². The van der Waals surface area contributed by atoms with Crippen LogP contribution in [-0.4, -0.2) is 4.98 Å². The fraction of sp³-hybridized carbons (Fsp3) is 0. The molecule has 6 heteroatoms. The molecule has 1 heterocycles. The molecule has 0 saturated heterocycles. The lowest BCUT2D eigenvalue weighted by atomic mass is 10.9. The minimum atomic E-state index is 0.386. The Bertz CT molecular complexity index is 250. The molecule has 0 aliphatic carbocycles. The number of azide groups is 1. The molecule has 1 aromatic heterocycles. The summed E-state index contributed by atoms with van der Waals surface area (Å²) < 4.78 is 0.386.